The molecule has 0 rings (SSSR count). The van der Waals surface area contributed by atoms with Gasteiger partial charge in [0.05, 0.1) is 6.54 Å². The highest BCUT2D eigenvalue weighted by molar-refractivity contribution is 4.76. The van der Waals surface area contributed by atoms with Crippen molar-refractivity contribution in [1.82, 2.24) is 0 Å². The van der Waals surface area contributed by atoms with Gasteiger partial charge in [0, 0.05) is 17.8 Å². The first-order valence-corrected chi connectivity index (χ1v) is 3.47. The quantitative estimate of drug-likeness (QED) is 0.470. The summed E-state index contributed by atoms with van der Waals surface area (Å²) in [6.07, 6.45) is 1.01. The summed E-state index contributed by atoms with van der Waals surface area (Å²) in [5.74, 6) is 0. The van der Waals surface area contributed by atoms with Gasteiger partial charge in [0.1, 0.15) is 0 Å². The van der Waals surface area contributed by atoms with Crippen LogP contribution in [0.15, 0.2) is 0 Å². The van der Waals surface area contributed by atoms with E-state index < -0.39 is 5.54 Å². The Morgan fingerprint density at radius 2 is 1.90 bits per heavy atom. The van der Waals surface area contributed by atoms with E-state index in [-0.39, 0.29) is 11.5 Å². The maximum atomic E-state index is 10.4. The fourth-order valence-corrected chi connectivity index (χ4v) is 0.871. The Kier molecular flexibility index (Phi) is 3.28. The summed E-state index contributed by atoms with van der Waals surface area (Å²) in [5, 5.41) is 10.4. The molecular weight excluding hydrogens is 132 g/mol. The zero-order valence-electron chi connectivity index (χ0n) is 6.46. The van der Waals surface area contributed by atoms with Crippen LogP contribution in [0.4, 0.5) is 0 Å². The van der Waals surface area contributed by atoms with Gasteiger partial charge >= 0.3 is 0 Å². The Morgan fingerprint density at radius 1 is 1.50 bits per heavy atom. The van der Waals surface area contributed by atoms with Gasteiger partial charge in [-0.1, -0.05) is 13.8 Å². The van der Waals surface area contributed by atoms with E-state index in [1.807, 2.05) is 0 Å². The molecule has 0 spiro atoms. The molecule has 0 aromatic heterocycles. The fraction of sp³-hybridized carbons (Fsp3) is 1.00. The summed E-state index contributed by atoms with van der Waals surface area (Å²) in [4.78, 5) is 10.2. The molecule has 0 aromatic carbocycles. The fourth-order valence-electron chi connectivity index (χ4n) is 0.871. The summed E-state index contributed by atoms with van der Waals surface area (Å²) in [7, 11) is 0. The molecule has 0 bridgehead atoms. The SMILES string of the molecule is CCC(CC)(CN)[N+](=O)[O-]. The van der Waals surface area contributed by atoms with Gasteiger partial charge in [0.25, 0.3) is 0 Å². The van der Waals surface area contributed by atoms with Crippen LogP contribution >= 0.6 is 0 Å². The average Bonchev–Trinajstić information content (AvgIpc) is 1.92. The molecule has 0 fully saturated rings. The zero-order valence-corrected chi connectivity index (χ0v) is 6.46. The number of nitrogens with two attached hydrogens (primary N) is 1. The molecule has 0 unspecified atom stereocenters. The minimum Gasteiger partial charge on any atom is -0.324 e. The molecule has 0 atom stereocenters. The number of rotatable bonds is 4. The van der Waals surface area contributed by atoms with Crippen molar-refractivity contribution in [1.29, 1.82) is 0 Å². The molecule has 0 saturated carbocycles. The normalized spacial score (nSPS) is 11.5. The topological polar surface area (TPSA) is 69.2 Å². The lowest BCUT2D eigenvalue weighted by Crippen LogP contribution is -2.44. The lowest BCUT2D eigenvalue weighted by molar-refractivity contribution is -0.568. The molecule has 0 aromatic rings. The van der Waals surface area contributed by atoms with Crippen molar-refractivity contribution in [3.63, 3.8) is 0 Å². The third kappa shape index (κ3) is 1.44. The van der Waals surface area contributed by atoms with Gasteiger partial charge in [0.2, 0.25) is 5.54 Å². The molecule has 0 aliphatic heterocycles. The predicted molar refractivity (Wildman–Crippen MR) is 39.4 cm³/mol. The zero-order chi connectivity index (χ0) is 8.20. The van der Waals surface area contributed by atoms with Crippen molar-refractivity contribution < 1.29 is 4.92 Å². The first kappa shape index (κ1) is 9.36. The smallest absolute Gasteiger partial charge is 0.233 e. The summed E-state index contributed by atoms with van der Waals surface area (Å²) in [6, 6.07) is 0. The van der Waals surface area contributed by atoms with E-state index in [4.69, 9.17) is 5.73 Å². The molecule has 0 aliphatic rings. The molecule has 4 heteroatoms. The number of nitro groups is 1. The minimum atomic E-state index is -0.875. The standard InChI is InChI=1S/C6H14N2O2/c1-3-6(4-2,5-7)8(9)10/h3-5,7H2,1-2H3. The molecule has 4 nitrogen and oxygen atoms in total. The van der Waals surface area contributed by atoms with Crippen molar-refractivity contribution in [3.05, 3.63) is 10.1 Å². The average molecular weight is 146 g/mol. The summed E-state index contributed by atoms with van der Waals surface area (Å²) >= 11 is 0. The molecule has 0 radical (unpaired) electrons. The van der Waals surface area contributed by atoms with Gasteiger partial charge in [-0.3, -0.25) is 10.1 Å². The number of nitrogens with zero attached hydrogens (tertiary/aromatic N) is 1. The molecule has 0 saturated heterocycles. The molecule has 0 aliphatic carbocycles. The van der Waals surface area contributed by atoms with Gasteiger partial charge in [-0.25, -0.2) is 0 Å². The third-order valence-electron chi connectivity index (χ3n) is 2.08. The van der Waals surface area contributed by atoms with Crippen LogP contribution in [-0.2, 0) is 0 Å². The van der Waals surface area contributed by atoms with E-state index in [1.54, 1.807) is 13.8 Å². The van der Waals surface area contributed by atoms with E-state index in [0.717, 1.165) is 0 Å². The largest absolute Gasteiger partial charge is 0.324 e. The van der Waals surface area contributed by atoms with Gasteiger partial charge < -0.3 is 5.73 Å². The van der Waals surface area contributed by atoms with Crippen molar-refractivity contribution in [2.45, 2.75) is 32.2 Å². The summed E-state index contributed by atoms with van der Waals surface area (Å²) in [6.45, 7) is 3.71. The second-order valence-corrected chi connectivity index (χ2v) is 2.39. The molecular formula is C6H14N2O2. The second kappa shape index (κ2) is 3.51. The lowest BCUT2D eigenvalue weighted by Gasteiger charge is -2.19. The Hall–Kier alpha value is -0.640. The van der Waals surface area contributed by atoms with Crippen LogP contribution in [0.25, 0.3) is 0 Å². The van der Waals surface area contributed by atoms with E-state index in [1.165, 1.54) is 0 Å². The second-order valence-electron chi connectivity index (χ2n) is 2.39. The van der Waals surface area contributed by atoms with Gasteiger partial charge in [-0.2, -0.15) is 0 Å². The maximum Gasteiger partial charge on any atom is 0.233 e. The minimum absolute atomic E-state index is 0.132. The molecule has 0 heterocycles. The predicted octanol–water partition coefficient (Wildman–Crippen LogP) is 0.781. The van der Waals surface area contributed by atoms with Gasteiger partial charge in [0.15, 0.2) is 0 Å². The highest BCUT2D eigenvalue weighted by Crippen LogP contribution is 2.16. The van der Waals surface area contributed by atoms with Gasteiger partial charge in [-0.05, 0) is 0 Å². The molecule has 60 valence electrons. The third-order valence-corrected chi connectivity index (χ3v) is 2.08. The van der Waals surface area contributed by atoms with Crippen molar-refractivity contribution >= 4 is 0 Å². The Bertz CT molecular complexity index is 113. The number of hydrogen-bond acceptors (Lipinski definition) is 3. The van der Waals surface area contributed by atoms with Crippen LogP contribution in [0, 0.1) is 10.1 Å². The first-order chi connectivity index (χ1) is 4.63. The Balaban J connectivity index is 4.31. The molecule has 2 N–H and O–H groups in total. The van der Waals surface area contributed by atoms with E-state index in [9.17, 15) is 10.1 Å². The summed E-state index contributed by atoms with van der Waals surface area (Å²) < 4.78 is 0. The monoisotopic (exact) mass is 146 g/mol. The van der Waals surface area contributed by atoms with E-state index in [2.05, 4.69) is 0 Å². The van der Waals surface area contributed by atoms with Crippen LogP contribution in [0.5, 0.6) is 0 Å². The highest BCUT2D eigenvalue weighted by atomic mass is 16.6. The van der Waals surface area contributed by atoms with Crippen LogP contribution < -0.4 is 5.73 Å². The molecule has 10 heavy (non-hydrogen) atoms. The van der Waals surface area contributed by atoms with Crippen molar-refractivity contribution in [2.24, 2.45) is 5.73 Å². The van der Waals surface area contributed by atoms with Crippen LogP contribution in [0.1, 0.15) is 26.7 Å². The lowest BCUT2D eigenvalue weighted by atomic mass is 9.94. The van der Waals surface area contributed by atoms with Crippen molar-refractivity contribution in [3.8, 4) is 0 Å². The number of hydrogen-bond donors (Lipinski definition) is 1. The maximum absolute atomic E-state index is 10.4. The van der Waals surface area contributed by atoms with Crippen LogP contribution in [0.3, 0.4) is 0 Å². The Labute approximate surface area is 60.6 Å². The van der Waals surface area contributed by atoms with Crippen LogP contribution in [0.2, 0.25) is 0 Å². The molecule has 0 amide bonds. The van der Waals surface area contributed by atoms with E-state index >= 15 is 0 Å². The van der Waals surface area contributed by atoms with Gasteiger partial charge in [-0.15, -0.1) is 0 Å². The highest BCUT2D eigenvalue weighted by Gasteiger charge is 2.36. The van der Waals surface area contributed by atoms with E-state index in [0.29, 0.717) is 12.8 Å². The first-order valence-electron chi connectivity index (χ1n) is 3.47. The Morgan fingerprint density at radius 3 is 1.90 bits per heavy atom. The van der Waals surface area contributed by atoms with Crippen molar-refractivity contribution in [2.75, 3.05) is 6.54 Å². The summed E-state index contributed by atoms with van der Waals surface area (Å²) in [5.41, 5.74) is 4.41. The van der Waals surface area contributed by atoms with Crippen LogP contribution in [-0.4, -0.2) is 17.0 Å².